The van der Waals surface area contributed by atoms with Crippen LogP contribution in [0.25, 0.3) is 0 Å². The van der Waals surface area contributed by atoms with Gasteiger partial charge in [0, 0.05) is 16.8 Å². The van der Waals surface area contributed by atoms with Crippen molar-refractivity contribution in [3.05, 3.63) is 88.5 Å². The van der Waals surface area contributed by atoms with E-state index in [0.29, 0.717) is 17.9 Å². The number of methoxy groups -OCH3 is 1. The number of ketones is 1. The van der Waals surface area contributed by atoms with Gasteiger partial charge in [-0.05, 0) is 60.7 Å². The summed E-state index contributed by atoms with van der Waals surface area (Å²) in [4.78, 5) is 25.3. The number of hydrogen-bond donors (Lipinski definition) is 2. The van der Waals surface area contributed by atoms with E-state index in [9.17, 15) is 41.0 Å². The van der Waals surface area contributed by atoms with Gasteiger partial charge < -0.3 is 15.2 Å². The number of halogens is 6. The molecule has 0 aromatic heterocycles. The van der Waals surface area contributed by atoms with Crippen molar-refractivity contribution in [1.82, 2.24) is 0 Å². The standard InChI is InChI=1S/C23H15F6NO4/c1-34-17-5-2-12(3-6-17)20(32)13-4-7-19(31)18(8-13)21(33)30-16-10-14(22(24,25)26)9-15(11-16)23(27,28)29/h2-11,31H,1H3,(H,30,33). The quantitative estimate of drug-likeness (QED) is 0.349. The van der Waals surface area contributed by atoms with Gasteiger partial charge in [0.05, 0.1) is 23.8 Å². The minimum Gasteiger partial charge on any atom is -0.507 e. The zero-order valence-electron chi connectivity index (χ0n) is 17.2. The molecule has 0 bridgehead atoms. The van der Waals surface area contributed by atoms with E-state index in [1.807, 2.05) is 5.32 Å². The Morgan fingerprint density at radius 2 is 1.32 bits per heavy atom. The van der Waals surface area contributed by atoms with Crippen molar-refractivity contribution in [1.29, 1.82) is 0 Å². The Morgan fingerprint density at radius 3 is 1.82 bits per heavy atom. The second-order valence-corrected chi connectivity index (χ2v) is 7.04. The molecule has 0 aliphatic rings. The van der Waals surface area contributed by atoms with E-state index in [4.69, 9.17) is 4.74 Å². The molecule has 0 atom stereocenters. The molecule has 0 aliphatic carbocycles. The third kappa shape index (κ3) is 5.48. The van der Waals surface area contributed by atoms with E-state index in [1.54, 1.807) is 0 Å². The molecule has 34 heavy (non-hydrogen) atoms. The van der Waals surface area contributed by atoms with Crippen LogP contribution in [-0.4, -0.2) is 23.9 Å². The summed E-state index contributed by atoms with van der Waals surface area (Å²) in [5, 5.41) is 11.9. The normalized spacial score (nSPS) is 11.7. The number of alkyl halides is 6. The summed E-state index contributed by atoms with van der Waals surface area (Å²) in [6.07, 6.45) is -10.2. The molecule has 3 rings (SSSR count). The maximum absolute atomic E-state index is 13.0. The van der Waals surface area contributed by atoms with E-state index in [0.717, 1.165) is 12.1 Å². The number of hydrogen-bond acceptors (Lipinski definition) is 4. The van der Waals surface area contributed by atoms with Crippen LogP contribution in [0, 0.1) is 0 Å². The van der Waals surface area contributed by atoms with Gasteiger partial charge >= 0.3 is 12.4 Å². The first kappa shape index (κ1) is 24.6. The van der Waals surface area contributed by atoms with Gasteiger partial charge in [-0.15, -0.1) is 0 Å². The molecule has 0 aliphatic heterocycles. The largest absolute Gasteiger partial charge is 0.507 e. The van der Waals surface area contributed by atoms with E-state index in [1.165, 1.54) is 37.4 Å². The average molecular weight is 483 g/mol. The van der Waals surface area contributed by atoms with Crippen molar-refractivity contribution in [3.8, 4) is 11.5 Å². The Hall–Kier alpha value is -4.02. The minimum absolute atomic E-state index is 0.0480. The maximum Gasteiger partial charge on any atom is 0.416 e. The first-order chi connectivity index (χ1) is 15.8. The molecule has 11 heteroatoms. The number of amides is 1. The average Bonchev–Trinajstić information content (AvgIpc) is 2.77. The summed E-state index contributed by atoms with van der Waals surface area (Å²) in [6.45, 7) is 0. The SMILES string of the molecule is COc1ccc(C(=O)c2ccc(O)c(C(=O)Nc3cc(C(F)(F)F)cc(C(F)(F)F)c3)c2)cc1. The zero-order chi connectivity index (χ0) is 25.3. The predicted molar refractivity (Wildman–Crippen MR) is 109 cm³/mol. The van der Waals surface area contributed by atoms with Gasteiger partial charge in [0.25, 0.3) is 5.91 Å². The third-order valence-electron chi connectivity index (χ3n) is 4.70. The van der Waals surface area contributed by atoms with Crippen molar-refractivity contribution in [3.63, 3.8) is 0 Å². The monoisotopic (exact) mass is 483 g/mol. The lowest BCUT2D eigenvalue weighted by atomic mass is 10.00. The lowest BCUT2D eigenvalue weighted by Crippen LogP contribution is -2.16. The van der Waals surface area contributed by atoms with Crippen LogP contribution in [-0.2, 0) is 12.4 Å². The van der Waals surface area contributed by atoms with Crippen molar-refractivity contribution < 1.29 is 45.8 Å². The fraction of sp³-hybridized carbons (Fsp3) is 0.130. The Morgan fingerprint density at radius 1 is 0.794 bits per heavy atom. The molecule has 0 spiro atoms. The topological polar surface area (TPSA) is 75.6 Å². The van der Waals surface area contributed by atoms with E-state index in [-0.39, 0.29) is 17.2 Å². The number of phenols is 1. The number of anilines is 1. The Balaban J connectivity index is 1.94. The Kier molecular flexibility index (Phi) is 6.58. The molecule has 3 aromatic rings. The summed E-state index contributed by atoms with van der Waals surface area (Å²) < 4.78 is 83.3. The second-order valence-electron chi connectivity index (χ2n) is 7.04. The number of carbonyl (C=O) groups is 2. The lowest BCUT2D eigenvalue weighted by molar-refractivity contribution is -0.143. The highest BCUT2D eigenvalue weighted by atomic mass is 19.4. The second kappa shape index (κ2) is 9.08. The van der Waals surface area contributed by atoms with Gasteiger partial charge in [0.1, 0.15) is 11.5 Å². The predicted octanol–water partition coefficient (Wildman–Crippen LogP) is 5.92. The van der Waals surface area contributed by atoms with Gasteiger partial charge in [0.15, 0.2) is 5.78 Å². The van der Waals surface area contributed by atoms with Crippen LogP contribution in [0.1, 0.15) is 37.4 Å². The number of phenolic OH excluding ortho intramolecular Hbond substituents is 1. The van der Waals surface area contributed by atoms with Crippen LogP contribution in [0.5, 0.6) is 11.5 Å². The highest BCUT2D eigenvalue weighted by Gasteiger charge is 2.37. The first-order valence-corrected chi connectivity index (χ1v) is 9.42. The molecule has 3 aromatic carbocycles. The van der Waals surface area contributed by atoms with Crippen LogP contribution in [0.4, 0.5) is 32.0 Å². The minimum atomic E-state index is -5.10. The molecule has 0 fully saturated rings. The number of aromatic hydroxyl groups is 1. The highest BCUT2D eigenvalue weighted by molar-refractivity contribution is 6.12. The molecule has 0 unspecified atom stereocenters. The summed E-state index contributed by atoms with van der Waals surface area (Å²) in [5.74, 6) is -1.90. The molecule has 1 amide bonds. The number of ether oxygens (including phenoxy) is 1. The fourth-order valence-corrected chi connectivity index (χ4v) is 2.99. The molecule has 0 saturated carbocycles. The molecule has 2 N–H and O–H groups in total. The Labute approximate surface area is 188 Å². The van der Waals surface area contributed by atoms with Crippen LogP contribution in [0.15, 0.2) is 60.7 Å². The van der Waals surface area contributed by atoms with Crippen molar-refractivity contribution in [2.24, 2.45) is 0 Å². The molecule has 5 nitrogen and oxygen atoms in total. The summed E-state index contributed by atoms with van der Waals surface area (Å²) in [7, 11) is 1.43. The molecule has 0 radical (unpaired) electrons. The van der Waals surface area contributed by atoms with Gasteiger partial charge in [-0.3, -0.25) is 9.59 Å². The Bertz CT molecular complexity index is 1200. The van der Waals surface area contributed by atoms with E-state index < -0.39 is 52.2 Å². The molecular formula is C23H15F6NO4. The molecule has 0 saturated heterocycles. The first-order valence-electron chi connectivity index (χ1n) is 9.42. The number of nitrogens with one attached hydrogen (secondary N) is 1. The molecule has 178 valence electrons. The molecule has 0 heterocycles. The van der Waals surface area contributed by atoms with Gasteiger partial charge in [-0.1, -0.05) is 0 Å². The fourth-order valence-electron chi connectivity index (χ4n) is 2.99. The van der Waals surface area contributed by atoms with Crippen LogP contribution < -0.4 is 10.1 Å². The van der Waals surface area contributed by atoms with Crippen molar-refractivity contribution in [2.75, 3.05) is 12.4 Å². The van der Waals surface area contributed by atoms with Crippen molar-refractivity contribution >= 4 is 17.4 Å². The molecular weight excluding hydrogens is 468 g/mol. The number of benzene rings is 3. The number of carbonyl (C=O) groups excluding carboxylic acids is 2. The van der Waals surface area contributed by atoms with Crippen molar-refractivity contribution in [2.45, 2.75) is 12.4 Å². The maximum atomic E-state index is 13.0. The summed E-state index contributed by atoms with van der Waals surface area (Å²) >= 11 is 0. The van der Waals surface area contributed by atoms with E-state index >= 15 is 0 Å². The highest BCUT2D eigenvalue weighted by Crippen LogP contribution is 2.37. The van der Waals surface area contributed by atoms with Gasteiger partial charge in [0.2, 0.25) is 0 Å². The van der Waals surface area contributed by atoms with Gasteiger partial charge in [-0.25, -0.2) is 0 Å². The van der Waals surface area contributed by atoms with Crippen LogP contribution >= 0.6 is 0 Å². The van der Waals surface area contributed by atoms with Crippen LogP contribution in [0.3, 0.4) is 0 Å². The number of rotatable bonds is 5. The smallest absolute Gasteiger partial charge is 0.416 e. The van der Waals surface area contributed by atoms with Crippen LogP contribution in [0.2, 0.25) is 0 Å². The van der Waals surface area contributed by atoms with E-state index in [2.05, 4.69) is 0 Å². The summed E-state index contributed by atoms with van der Waals surface area (Å²) in [5.41, 5.74) is -4.39. The third-order valence-corrected chi connectivity index (χ3v) is 4.70. The summed E-state index contributed by atoms with van der Waals surface area (Å²) in [6, 6.07) is 9.73. The zero-order valence-corrected chi connectivity index (χ0v) is 17.2. The van der Waals surface area contributed by atoms with Gasteiger partial charge in [-0.2, -0.15) is 26.3 Å². The lowest BCUT2D eigenvalue weighted by Gasteiger charge is -2.15.